The number of rotatable bonds is 4. The van der Waals surface area contributed by atoms with E-state index in [-0.39, 0.29) is 11.9 Å². The van der Waals surface area contributed by atoms with Gasteiger partial charge in [0.05, 0.1) is 6.04 Å². The summed E-state index contributed by atoms with van der Waals surface area (Å²) in [5, 5.41) is 12.4. The number of carbonyl (C=O) groups is 1. The fourth-order valence-electron chi connectivity index (χ4n) is 3.18. The van der Waals surface area contributed by atoms with Gasteiger partial charge in [-0.25, -0.2) is 4.68 Å². The van der Waals surface area contributed by atoms with Gasteiger partial charge in [-0.1, -0.05) is 66.7 Å². The van der Waals surface area contributed by atoms with Crippen molar-refractivity contribution in [2.24, 2.45) is 0 Å². The lowest BCUT2D eigenvalue weighted by Crippen LogP contribution is -2.41. The fraction of sp³-hybridized carbons (Fsp3) is 0.250. The molecule has 2 atom stereocenters. The van der Waals surface area contributed by atoms with Gasteiger partial charge in [0.15, 0.2) is 5.82 Å². The van der Waals surface area contributed by atoms with E-state index in [0.29, 0.717) is 15.9 Å². The van der Waals surface area contributed by atoms with E-state index in [9.17, 15) is 4.79 Å². The zero-order chi connectivity index (χ0) is 19.7. The van der Waals surface area contributed by atoms with Crippen LogP contribution in [0.15, 0.2) is 53.7 Å². The molecule has 144 valence electrons. The summed E-state index contributed by atoms with van der Waals surface area (Å²) in [6, 6.07) is 15.2. The molecular formula is C20H20ClN5OS. The van der Waals surface area contributed by atoms with Crippen LogP contribution in [0.4, 0.5) is 5.69 Å². The molecule has 2 heterocycles. The number of nitrogens with zero attached hydrogens (tertiary/aromatic N) is 3. The Morgan fingerprint density at radius 1 is 1.21 bits per heavy atom. The SMILES string of the molecule is CCc1nnc2n1N[C@H](c1ccccc1)[C@@H](C(=O)Nc1cccc(Cl)c1C)S2. The Balaban J connectivity index is 1.68. The molecule has 4 rings (SSSR count). The van der Waals surface area contributed by atoms with Crippen molar-refractivity contribution >= 4 is 35.0 Å². The molecule has 0 unspecified atom stereocenters. The number of amides is 1. The number of hydrogen-bond acceptors (Lipinski definition) is 5. The first-order valence-electron chi connectivity index (χ1n) is 9.07. The lowest BCUT2D eigenvalue weighted by molar-refractivity contribution is -0.116. The predicted molar refractivity (Wildman–Crippen MR) is 112 cm³/mol. The highest BCUT2D eigenvalue weighted by Gasteiger charge is 2.37. The predicted octanol–water partition coefficient (Wildman–Crippen LogP) is 4.20. The van der Waals surface area contributed by atoms with Crippen molar-refractivity contribution < 1.29 is 4.79 Å². The zero-order valence-corrected chi connectivity index (χ0v) is 17.1. The minimum absolute atomic E-state index is 0.107. The molecule has 1 aromatic heterocycles. The standard InChI is InChI=1S/C20H20ClN5OS/c1-3-16-23-24-20-26(16)25-17(13-8-5-4-6-9-13)18(28-20)19(27)22-15-11-7-10-14(21)12(15)2/h4-11,17-18,25H,3H2,1-2H3,(H,22,27)/t17-,18+/m1/s1. The van der Waals surface area contributed by atoms with Crippen LogP contribution in [0.5, 0.6) is 0 Å². The molecule has 28 heavy (non-hydrogen) atoms. The maximum absolute atomic E-state index is 13.2. The number of anilines is 1. The highest BCUT2D eigenvalue weighted by molar-refractivity contribution is 8.00. The van der Waals surface area contributed by atoms with Crippen molar-refractivity contribution in [2.75, 3.05) is 10.7 Å². The Bertz CT molecular complexity index is 1010. The number of aromatic nitrogens is 3. The third-order valence-electron chi connectivity index (χ3n) is 4.76. The van der Waals surface area contributed by atoms with Crippen LogP contribution < -0.4 is 10.7 Å². The number of halogens is 1. The Hall–Kier alpha value is -2.51. The van der Waals surface area contributed by atoms with E-state index >= 15 is 0 Å². The molecule has 0 saturated heterocycles. The smallest absolute Gasteiger partial charge is 0.240 e. The van der Waals surface area contributed by atoms with E-state index in [1.165, 1.54) is 11.8 Å². The first kappa shape index (κ1) is 18.8. The maximum Gasteiger partial charge on any atom is 0.240 e. The summed E-state index contributed by atoms with van der Waals surface area (Å²) in [6.45, 7) is 3.92. The van der Waals surface area contributed by atoms with Crippen LogP contribution >= 0.6 is 23.4 Å². The van der Waals surface area contributed by atoms with E-state index in [1.54, 1.807) is 0 Å². The van der Waals surface area contributed by atoms with E-state index in [0.717, 1.165) is 23.4 Å². The van der Waals surface area contributed by atoms with E-state index < -0.39 is 5.25 Å². The van der Waals surface area contributed by atoms with Crippen LogP contribution in [0.25, 0.3) is 0 Å². The van der Waals surface area contributed by atoms with Crippen LogP contribution in [0.1, 0.15) is 29.9 Å². The molecule has 0 bridgehead atoms. The van der Waals surface area contributed by atoms with Gasteiger partial charge in [0.2, 0.25) is 11.1 Å². The van der Waals surface area contributed by atoms with Crippen molar-refractivity contribution in [1.82, 2.24) is 14.9 Å². The summed E-state index contributed by atoms with van der Waals surface area (Å²) >= 11 is 7.62. The highest BCUT2D eigenvalue weighted by atomic mass is 35.5. The number of hydrogen-bond donors (Lipinski definition) is 2. The molecule has 2 aromatic carbocycles. The van der Waals surface area contributed by atoms with Gasteiger partial charge in [0.25, 0.3) is 0 Å². The van der Waals surface area contributed by atoms with Gasteiger partial charge in [-0.05, 0) is 30.2 Å². The molecule has 8 heteroatoms. The van der Waals surface area contributed by atoms with Crippen molar-refractivity contribution in [3.8, 4) is 0 Å². The van der Waals surface area contributed by atoms with Crippen LogP contribution in [0.2, 0.25) is 5.02 Å². The van der Waals surface area contributed by atoms with Gasteiger partial charge in [-0.15, -0.1) is 10.2 Å². The summed E-state index contributed by atoms with van der Waals surface area (Å²) in [5.41, 5.74) is 6.03. The number of thioether (sulfide) groups is 1. The van der Waals surface area contributed by atoms with Gasteiger partial charge in [-0.3, -0.25) is 4.79 Å². The average Bonchev–Trinajstić information content (AvgIpc) is 3.13. The molecule has 0 fully saturated rings. The molecule has 1 amide bonds. The van der Waals surface area contributed by atoms with E-state index in [1.807, 2.05) is 67.1 Å². The lowest BCUT2D eigenvalue weighted by atomic mass is 10.0. The average molecular weight is 414 g/mol. The largest absolute Gasteiger partial charge is 0.325 e. The number of carbonyl (C=O) groups excluding carboxylic acids is 1. The second-order valence-corrected chi connectivity index (χ2v) is 8.06. The Labute approximate surface area is 172 Å². The molecule has 0 saturated carbocycles. The van der Waals surface area contributed by atoms with Crippen LogP contribution in [-0.2, 0) is 11.2 Å². The second-order valence-electron chi connectivity index (χ2n) is 6.55. The van der Waals surface area contributed by atoms with Crippen molar-refractivity contribution in [1.29, 1.82) is 0 Å². The van der Waals surface area contributed by atoms with E-state index in [2.05, 4.69) is 20.9 Å². The lowest BCUT2D eigenvalue weighted by Gasteiger charge is -2.33. The Morgan fingerprint density at radius 2 is 2.00 bits per heavy atom. The monoisotopic (exact) mass is 413 g/mol. The first-order chi connectivity index (χ1) is 13.6. The summed E-state index contributed by atoms with van der Waals surface area (Å²) < 4.78 is 1.89. The topological polar surface area (TPSA) is 71.8 Å². The molecule has 3 aromatic rings. The molecule has 0 radical (unpaired) electrons. The second kappa shape index (κ2) is 7.85. The molecule has 0 aliphatic carbocycles. The molecular weight excluding hydrogens is 394 g/mol. The third kappa shape index (κ3) is 3.47. The number of benzene rings is 2. The van der Waals surface area contributed by atoms with Crippen LogP contribution in [0, 0.1) is 6.92 Å². The minimum atomic E-state index is -0.415. The number of nitrogens with one attached hydrogen (secondary N) is 2. The van der Waals surface area contributed by atoms with Crippen LogP contribution in [0.3, 0.4) is 0 Å². The number of aryl methyl sites for hydroxylation is 1. The van der Waals surface area contributed by atoms with Gasteiger partial charge in [0.1, 0.15) is 5.25 Å². The Morgan fingerprint density at radius 3 is 2.75 bits per heavy atom. The maximum atomic E-state index is 13.2. The third-order valence-corrected chi connectivity index (χ3v) is 6.39. The minimum Gasteiger partial charge on any atom is -0.325 e. The summed E-state index contributed by atoms with van der Waals surface area (Å²) in [6.07, 6.45) is 0.751. The van der Waals surface area contributed by atoms with Gasteiger partial charge >= 0.3 is 0 Å². The van der Waals surface area contributed by atoms with Gasteiger partial charge < -0.3 is 10.7 Å². The normalized spacial score (nSPS) is 18.2. The molecule has 2 N–H and O–H groups in total. The number of fused-ring (bicyclic) bond motifs is 1. The van der Waals surface area contributed by atoms with Crippen LogP contribution in [-0.4, -0.2) is 26.0 Å². The molecule has 0 spiro atoms. The summed E-state index contributed by atoms with van der Waals surface area (Å²) in [7, 11) is 0. The first-order valence-corrected chi connectivity index (χ1v) is 10.3. The van der Waals surface area contributed by atoms with Gasteiger partial charge in [0, 0.05) is 17.1 Å². The van der Waals surface area contributed by atoms with Crippen molar-refractivity contribution in [3.05, 3.63) is 70.5 Å². The Kier molecular flexibility index (Phi) is 5.28. The van der Waals surface area contributed by atoms with Crippen molar-refractivity contribution in [3.63, 3.8) is 0 Å². The quantitative estimate of drug-likeness (QED) is 0.670. The molecule has 1 aliphatic rings. The van der Waals surface area contributed by atoms with Crippen molar-refractivity contribution in [2.45, 2.75) is 36.7 Å². The molecule has 6 nitrogen and oxygen atoms in total. The fourth-order valence-corrected chi connectivity index (χ4v) is 4.46. The highest BCUT2D eigenvalue weighted by Crippen LogP contribution is 2.38. The van der Waals surface area contributed by atoms with E-state index in [4.69, 9.17) is 11.6 Å². The van der Waals surface area contributed by atoms with Gasteiger partial charge in [-0.2, -0.15) is 0 Å². The summed E-state index contributed by atoms with van der Waals surface area (Å²) in [4.78, 5) is 13.2. The zero-order valence-electron chi connectivity index (χ0n) is 15.5. The summed E-state index contributed by atoms with van der Waals surface area (Å²) in [5.74, 6) is 0.733. The molecule has 1 aliphatic heterocycles.